The number of thiazole rings is 1. The number of rotatable bonds is 7. The van der Waals surface area contributed by atoms with Crippen molar-refractivity contribution in [2.75, 3.05) is 25.5 Å². The molecule has 0 radical (unpaired) electrons. The summed E-state index contributed by atoms with van der Waals surface area (Å²) in [7, 11) is 1.52. The molecule has 0 spiro atoms. The number of alkyl halides is 3. The second-order valence-corrected chi connectivity index (χ2v) is 6.12. The largest absolute Gasteiger partial charge is 0.434 e. The van der Waals surface area contributed by atoms with Gasteiger partial charge in [-0.2, -0.15) is 13.2 Å². The average molecular weight is 530 g/mol. The van der Waals surface area contributed by atoms with Crippen molar-refractivity contribution in [2.24, 2.45) is 4.99 Å². The van der Waals surface area contributed by atoms with Crippen LogP contribution in [0.5, 0.6) is 0 Å². The van der Waals surface area contributed by atoms with Gasteiger partial charge in [0.2, 0.25) is 0 Å². The van der Waals surface area contributed by atoms with Crippen LogP contribution in [-0.2, 0) is 12.7 Å². The summed E-state index contributed by atoms with van der Waals surface area (Å²) in [5, 5.41) is 20.9. The Morgan fingerprint density at radius 1 is 1.29 bits per heavy atom. The number of nitro groups is 1. The van der Waals surface area contributed by atoms with Crippen LogP contribution in [0.2, 0.25) is 0 Å². The van der Waals surface area contributed by atoms with Gasteiger partial charge in [-0.3, -0.25) is 15.1 Å². The van der Waals surface area contributed by atoms with Crippen LogP contribution >= 0.6 is 35.3 Å². The number of nitrogens with zero attached hydrogens (tertiary/aromatic N) is 3. The summed E-state index contributed by atoms with van der Waals surface area (Å²) in [6.45, 7) is 0.858. The third-order valence-electron chi connectivity index (χ3n) is 3.31. The summed E-state index contributed by atoms with van der Waals surface area (Å²) < 4.78 is 37.6. The van der Waals surface area contributed by atoms with Gasteiger partial charge in [-0.05, 0) is 6.07 Å². The monoisotopic (exact) mass is 530 g/mol. The number of nitrogens with one attached hydrogen (secondary N) is 3. The Labute approximate surface area is 179 Å². The molecule has 0 amide bonds. The summed E-state index contributed by atoms with van der Waals surface area (Å²) in [6, 6.07) is 6.27. The molecule has 0 saturated heterocycles. The molecular formula is C15H18F3IN6O2S. The Morgan fingerprint density at radius 3 is 2.61 bits per heavy atom. The maximum absolute atomic E-state index is 12.5. The van der Waals surface area contributed by atoms with Crippen LogP contribution in [0.15, 0.2) is 34.6 Å². The molecule has 2 rings (SSSR count). The highest BCUT2D eigenvalue weighted by Gasteiger charge is 2.33. The number of para-hydroxylation sites is 2. The lowest BCUT2D eigenvalue weighted by atomic mass is 10.2. The fraction of sp³-hybridized carbons (Fsp3) is 0.333. The first-order chi connectivity index (χ1) is 12.8. The quantitative estimate of drug-likeness (QED) is 0.127. The zero-order valence-corrected chi connectivity index (χ0v) is 17.8. The van der Waals surface area contributed by atoms with Crippen LogP contribution in [0, 0.1) is 10.1 Å². The van der Waals surface area contributed by atoms with E-state index in [2.05, 4.69) is 25.9 Å². The molecule has 0 aliphatic carbocycles. The van der Waals surface area contributed by atoms with Crippen LogP contribution in [0.1, 0.15) is 10.7 Å². The van der Waals surface area contributed by atoms with Crippen molar-refractivity contribution in [3.8, 4) is 0 Å². The van der Waals surface area contributed by atoms with E-state index in [4.69, 9.17) is 0 Å². The van der Waals surface area contributed by atoms with E-state index in [1.807, 2.05) is 0 Å². The molecule has 3 N–H and O–H groups in total. The van der Waals surface area contributed by atoms with Crippen molar-refractivity contribution in [1.82, 2.24) is 15.6 Å². The van der Waals surface area contributed by atoms with E-state index >= 15 is 0 Å². The Kier molecular flexibility index (Phi) is 9.37. The molecule has 8 nitrogen and oxygen atoms in total. The van der Waals surface area contributed by atoms with E-state index in [1.54, 1.807) is 18.2 Å². The molecule has 2 aromatic rings. The van der Waals surface area contributed by atoms with Crippen LogP contribution in [-0.4, -0.2) is 36.0 Å². The number of halogens is 4. The van der Waals surface area contributed by atoms with Gasteiger partial charge in [-0.1, -0.05) is 12.1 Å². The predicted octanol–water partition coefficient (Wildman–Crippen LogP) is 3.47. The first kappa shape index (κ1) is 23.9. The lowest BCUT2D eigenvalue weighted by Gasteiger charge is -2.12. The zero-order valence-electron chi connectivity index (χ0n) is 14.6. The van der Waals surface area contributed by atoms with Crippen molar-refractivity contribution in [3.63, 3.8) is 0 Å². The van der Waals surface area contributed by atoms with Gasteiger partial charge in [0.1, 0.15) is 10.7 Å². The Bertz CT molecular complexity index is 815. The summed E-state index contributed by atoms with van der Waals surface area (Å²) in [5.74, 6) is 0.378. The topological polar surface area (TPSA) is 104 Å². The van der Waals surface area contributed by atoms with Crippen LogP contribution < -0.4 is 16.0 Å². The molecule has 0 aliphatic rings. The Morgan fingerprint density at radius 2 is 2.00 bits per heavy atom. The van der Waals surface area contributed by atoms with Crippen LogP contribution in [0.4, 0.5) is 24.5 Å². The van der Waals surface area contributed by atoms with Gasteiger partial charge >= 0.3 is 6.18 Å². The summed E-state index contributed by atoms with van der Waals surface area (Å²) in [5.41, 5.74) is -0.542. The van der Waals surface area contributed by atoms with E-state index < -0.39 is 16.8 Å². The Balaban J connectivity index is 0.00000392. The molecule has 28 heavy (non-hydrogen) atoms. The van der Waals surface area contributed by atoms with Gasteiger partial charge in [0.15, 0.2) is 11.7 Å². The summed E-state index contributed by atoms with van der Waals surface area (Å²) >= 11 is 0.906. The maximum atomic E-state index is 12.5. The first-order valence-electron chi connectivity index (χ1n) is 7.74. The lowest BCUT2D eigenvalue weighted by Crippen LogP contribution is -2.39. The smallest absolute Gasteiger partial charge is 0.378 e. The minimum Gasteiger partial charge on any atom is -0.378 e. The molecule has 0 bridgehead atoms. The van der Waals surface area contributed by atoms with Crippen molar-refractivity contribution < 1.29 is 18.1 Å². The highest BCUT2D eigenvalue weighted by atomic mass is 127. The van der Waals surface area contributed by atoms with Gasteiger partial charge in [0.05, 0.1) is 11.5 Å². The van der Waals surface area contributed by atoms with E-state index in [0.717, 1.165) is 16.7 Å². The highest BCUT2D eigenvalue weighted by Crippen LogP contribution is 2.29. The number of aromatic nitrogens is 1. The molecule has 154 valence electrons. The highest BCUT2D eigenvalue weighted by molar-refractivity contribution is 14.0. The van der Waals surface area contributed by atoms with E-state index in [1.165, 1.54) is 13.1 Å². The number of anilines is 1. The normalized spacial score (nSPS) is 11.5. The molecule has 1 heterocycles. The fourth-order valence-electron chi connectivity index (χ4n) is 2.06. The SMILES string of the molecule is CN=C(NCCNc1ccccc1[N+](=O)[O-])NCc1nc(C(F)(F)F)cs1.I. The number of hydrogen-bond acceptors (Lipinski definition) is 6. The minimum atomic E-state index is -4.46. The van der Waals surface area contributed by atoms with E-state index in [9.17, 15) is 23.3 Å². The first-order valence-corrected chi connectivity index (χ1v) is 8.62. The summed E-state index contributed by atoms with van der Waals surface area (Å²) in [4.78, 5) is 17.9. The lowest BCUT2D eigenvalue weighted by molar-refractivity contribution is -0.384. The van der Waals surface area contributed by atoms with Crippen molar-refractivity contribution in [2.45, 2.75) is 12.7 Å². The van der Waals surface area contributed by atoms with Crippen molar-refractivity contribution in [3.05, 3.63) is 50.5 Å². The zero-order chi connectivity index (χ0) is 19.9. The number of hydrogen-bond donors (Lipinski definition) is 3. The standard InChI is InChI=1S/C15H17F3N6O2S.HI/c1-19-14(22-8-13-23-12(9-27-13)15(16,17)18)21-7-6-20-10-4-2-3-5-11(10)24(25)26;/h2-5,9,20H,6-8H2,1H3,(H2,19,21,22);1H. The maximum Gasteiger partial charge on any atom is 0.434 e. The van der Waals surface area contributed by atoms with Crippen LogP contribution in [0.3, 0.4) is 0 Å². The molecule has 0 saturated carbocycles. The molecule has 1 aromatic carbocycles. The summed E-state index contributed by atoms with van der Waals surface area (Å²) in [6.07, 6.45) is -4.46. The third-order valence-corrected chi connectivity index (χ3v) is 4.16. The van der Waals surface area contributed by atoms with Gasteiger partial charge in [0.25, 0.3) is 5.69 Å². The van der Waals surface area contributed by atoms with Crippen molar-refractivity contribution >= 4 is 52.6 Å². The third kappa shape index (κ3) is 7.10. The Hall–Kier alpha value is -2.16. The van der Waals surface area contributed by atoms with Gasteiger partial charge in [0, 0.05) is 31.6 Å². The molecule has 13 heteroatoms. The molecular weight excluding hydrogens is 512 g/mol. The average Bonchev–Trinajstić information content (AvgIpc) is 3.11. The predicted molar refractivity (Wildman–Crippen MR) is 112 cm³/mol. The second-order valence-electron chi connectivity index (χ2n) is 5.18. The molecule has 1 aromatic heterocycles. The van der Waals surface area contributed by atoms with Gasteiger partial charge < -0.3 is 16.0 Å². The molecule has 0 aliphatic heterocycles. The van der Waals surface area contributed by atoms with Crippen LogP contribution in [0.25, 0.3) is 0 Å². The van der Waals surface area contributed by atoms with Gasteiger partial charge in [-0.25, -0.2) is 4.98 Å². The number of aliphatic imine (C=N–C) groups is 1. The number of guanidine groups is 1. The fourth-order valence-corrected chi connectivity index (χ4v) is 2.80. The number of nitro benzene ring substituents is 1. The van der Waals surface area contributed by atoms with Gasteiger partial charge in [-0.15, -0.1) is 35.3 Å². The molecule has 0 atom stereocenters. The van der Waals surface area contributed by atoms with E-state index in [0.29, 0.717) is 24.7 Å². The van der Waals surface area contributed by atoms with Crippen molar-refractivity contribution in [1.29, 1.82) is 0 Å². The molecule has 0 fully saturated rings. The second kappa shape index (κ2) is 11.0. The molecule has 0 unspecified atom stereocenters. The number of benzene rings is 1. The minimum absolute atomic E-state index is 0. The van der Waals surface area contributed by atoms with E-state index in [-0.39, 0.29) is 41.2 Å².